The van der Waals surface area contributed by atoms with Gasteiger partial charge in [-0.1, -0.05) is 18.2 Å². The van der Waals surface area contributed by atoms with Gasteiger partial charge in [0, 0.05) is 12.6 Å². The van der Waals surface area contributed by atoms with E-state index in [1.165, 1.54) is 12.4 Å². The summed E-state index contributed by atoms with van der Waals surface area (Å²) < 4.78 is 13.9. The zero-order valence-electron chi connectivity index (χ0n) is 11.5. The molecule has 0 saturated carbocycles. The van der Waals surface area contributed by atoms with Crippen LogP contribution in [0, 0.1) is 5.82 Å². The fourth-order valence-electron chi connectivity index (χ4n) is 2.25. The van der Waals surface area contributed by atoms with Crippen molar-refractivity contribution < 1.29 is 4.39 Å². The molecule has 0 bridgehead atoms. The van der Waals surface area contributed by atoms with E-state index in [9.17, 15) is 4.39 Å². The van der Waals surface area contributed by atoms with Crippen LogP contribution in [0.2, 0.25) is 5.28 Å². The van der Waals surface area contributed by atoms with Gasteiger partial charge in [-0.3, -0.25) is 0 Å². The van der Waals surface area contributed by atoms with Gasteiger partial charge in [-0.15, -0.1) is 0 Å². The molecule has 2 heterocycles. The molecule has 1 aromatic carbocycles. The lowest BCUT2D eigenvalue weighted by Gasteiger charge is -2.26. The van der Waals surface area contributed by atoms with Crippen LogP contribution >= 0.6 is 11.6 Å². The monoisotopic (exact) mass is 305 g/mol. The highest BCUT2D eigenvalue weighted by molar-refractivity contribution is 6.28. The summed E-state index contributed by atoms with van der Waals surface area (Å²) in [5.41, 5.74) is 1.74. The minimum Gasteiger partial charge on any atom is -0.351 e. The van der Waals surface area contributed by atoms with Gasteiger partial charge in [0.15, 0.2) is 11.5 Å². The number of nitrogens with zero attached hydrogens (tertiary/aromatic N) is 4. The van der Waals surface area contributed by atoms with Crippen LogP contribution in [0.1, 0.15) is 18.5 Å². The summed E-state index contributed by atoms with van der Waals surface area (Å²) >= 11 is 5.93. The first kappa shape index (κ1) is 13.8. The minimum absolute atomic E-state index is 0.109. The van der Waals surface area contributed by atoms with Gasteiger partial charge < -0.3 is 9.88 Å². The molecule has 0 radical (unpaired) electrons. The van der Waals surface area contributed by atoms with Crippen LogP contribution in [-0.4, -0.2) is 27.0 Å². The number of benzene rings is 1. The van der Waals surface area contributed by atoms with Gasteiger partial charge in [-0.25, -0.2) is 9.37 Å². The lowest BCUT2D eigenvalue weighted by Crippen LogP contribution is -2.24. The van der Waals surface area contributed by atoms with Crippen LogP contribution in [0.15, 0.2) is 30.6 Å². The Morgan fingerprint density at radius 1 is 1.29 bits per heavy atom. The van der Waals surface area contributed by atoms with Crippen LogP contribution in [0.25, 0.3) is 11.2 Å². The van der Waals surface area contributed by atoms with Crippen molar-refractivity contribution in [2.24, 2.45) is 0 Å². The topological polar surface area (TPSA) is 57.7 Å². The van der Waals surface area contributed by atoms with Crippen LogP contribution in [-0.2, 0) is 0 Å². The number of H-pyrrole nitrogens is 1. The minimum atomic E-state index is -0.252. The van der Waals surface area contributed by atoms with Gasteiger partial charge in [0.2, 0.25) is 5.28 Å². The number of fused-ring (bicyclic) bond motifs is 1. The Hall–Kier alpha value is -2.21. The van der Waals surface area contributed by atoms with Gasteiger partial charge in [0.1, 0.15) is 11.3 Å². The molecule has 108 valence electrons. The maximum absolute atomic E-state index is 13.9. The van der Waals surface area contributed by atoms with Crippen molar-refractivity contribution in [3.05, 3.63) is 47.3 Å². The molecule has 0 aliphatic heterocycles. The van der Waals surface area contributed by atoms with Gasteiger partial charge >= 0.3 is 0 Å². The van der Waals surface area contributed by atoms with Gasteiger partial charge in [-0.05, 0) is 24.6 Å². The average molecular weight is 306 g/mol. The molecule has 0 amide bonds. The summed E-state index contributed by atoms with van der Waals surface area (Å²) in [6.45, 7) is 1.90. The fourth-order valence-corrected chi connectivity index (χ4v) is 2.41. The van der Waals surface area contributed by atoms with Gasteiger partial charge in [0.05, 0.1) is 12.4 Å². The molecule has 3 rings (SSSR count). The number of imidazole rings is 1. The summed E-state index contributed by atoms with van der Waals surface area (Å²) in [5.74, 6) is 0.330. The second-order valence-corrected chi connectivity index (χ2v) is 5.06. The van der Waals surface area contributed by atoms with Crippen LogP contribution < -0.4 is 4.90 Å². The maximum atomic E-state index is 13.9. The van der Waals surface area contributed by atoms with Crippen molar-refractivity contribution in [3.8, 4) is 0 Å². The van der Waals surface area contributed by atoms with Crippen LogP contribution in [0.3, 0.4) is 0 Å². The summed E-state index contributed by atoms with van der Waals surface area (Å²) in [6, 6.07) is 6.45. The van der Waals surface area contributed by atoms with Gasteiger partial charge in [0.25, 0.3) is 0 Å². The molecule has 1 N–H and O–H groups in total. The highest BCUT2D eigenvalue weighted by Gasteiger charge is 2.20. The maximum Gasteiger partial charge on any atom is 0.226 e. The Balaban J connectivity index is 2.06. The Bertz CT molecular complexity index is 788. The highest BCUT2D eigenvalue weighted by Crippen LogP contribution is 2.29. The van der Waals surface area contributed by atoms with E-state index < -0.39 is 0 Å². The second kappa shape index (κ2) is 5.29. The van der Waals surface area contributed by atoms with E-state index in [1.54, 1.807) is 12.1 Å². The Morgan fingerprint density at radius 2 is 2.05 bits per heavy atom. The molecule has 2 aromatic heterocycles. The molecule has 0 aliphatic carbocycles. The first-order valence-corrected chi connectivity index (χ1v) is 6.79. The molecule has 0 aliphatic rings. The first-order valence-electron chi connectivity index (χ1n) is 6.42. The lowest BCUT2D eigenvalue weighted by molar-refractivity contribution is 0.584. The zero-order chi connectivity index (χ0) is 15.0. The third kappa shape index (κ3) is 2.42. The van der Waals surface area contributed by atoms with Crippen molar-refractivity contribution in [1.82, 2.24) is 19.9 Å². The molecule has 7 heteroatoms. The van der Waals surface area contributed by atoms with Crippen molar-refractivity contribution in [3.63, 3.8) is 0 Å². The predicted octanol–water partition coefficient (Wildman–Crippen LogP) is 3.34. The molecule has 1 atom stereocenters. The molecular weight excluding hydrogens is 293 g/mol. The molecule has 21 heavy (non-hydrogen) atoms. The number of rotatable bonds is 3. The van der Waals surface area contributed by atoms with Crippen molar-refractivity contribution in [2.45, 2.75) is 13.0 Å². The summed E-state index contributed by atoms with van der Waals surface area (Å²) in [6.07, 6.45) is 1.53. The number of hydrogen-bond donors (Lipinski definition) is 1. The van der Waals surface area contributed by atoms with E-state index in [1.807, 2.05) is 24.9 Å². The standard InChI is InChI=1S/C14H13ClFN5/c1-8(9-5-3-4-6-10(9)16)21(2)13-11-12(18-7-17-11)19-14(15)20-13/h3-8H,1-2H3,(H,17,18,19,20). The van der Waals surface area contributed by atoms with E-state index in [0.29, 0.717) is 22.5 Å². The molecule has 1 unspecified atom stereocenters. The Kier molecular flexibility index (Phi) is 3.47. The lowest BCUT2D eigenvalue weighted by atomic mass is 10.1. The number of aromatic nitrogens is 4. The van der Waals surface area contributed by atoms with E-state index in [4.69, 9.17) is 11.6 Å². The number of hydrogen-bond acceptors (Lipinski definition) is 4. The summed E-state index contributed by atoms with van der Waals surface area (Å²) in [5, 5.41) is 0.109. The van der Waals surface area contributed by atoms with Crippen LogP contribution in [0.5, 0.6) is 0 Å². The van der Waals surface area contributed by atoms with Crippen LogP contribution in [0.4, 0.5) is 10.2 Å². The van der Waals surface area contributed by atoms with Crippen molar-refractivity contribution >= 4 is 28.6 Å². The normalized spacial score (nSPS) is 12.6. The van der Waals surface area contributed by atoms with Crippen molar-refractivity contribution in [2.75, 3.05) is 11.9 Å². The zero-order valence-corrected chi connectivity index (χ0v) is 12.3. The van der Waals surface area contributed by atoms with E-state index >= 15 is 0 Å². The molecule has 5 nitrogen and oxygen atoms in total. The highest BCUT2D eigenvalue weighted by atomic mass is 35.5. The van der Waals surface area contributed by atoms with E-state index in [0.717, 1.165) is 0 Å². The number of nitrogens with one attached hydrogen (secondary N) is 1. The summed E-state index contributed by atoms with van der Waals surface area (Å²) in [7, 11) is 1.83. The van der Waals surface area contributed by atoms with Crippen molar-refractivity contribution in [1.29, 1.82) is 0 Å². The van der Waals surface area contributed by atoms with Gasteiger partial charge in [-0.2, -0.15) is 9.97 Å². The van der Waals surface area contributed by atoms with E-state index in [2.05, 4.69) is 19.9 Å². The summed E-state index contributed by atoms with van der Waals surface area (Å²) in [4.78, 5) is 17.2. The predicted molar refractivity (Wildman–Crippen MR) is 79.9 cm³/mol. The smallest absolute Gasteiger partial charge is 0.226 e. The Labute approximate surface area is 125 Å². The SMILES string of the molecule is CC(c1ccccc1F)N(C)c1nc(Cl)nc2nc[nH]c12. The average Bonchev–Trinajstić information content (AvgIpc) is 2.93. The first-order chi connectivity index (χ1) is 10.1. The molecule has 0 fully saturated rings. The molecule has 0 saturated heterocycles. The third-order valence-corrected chi connectivity index (χ3v) is 3.68. The number of halogens is 2. The second-order valence-electron chi connectivity index (χ2n) is 4.73. The fraction of sp³-hybridized carbons (Fsp3) is 0.214. The Morgan fingerprint density at radius 3 is 2.81 bits per heavy atom. The molecule has 3 aromatic rings. The number of anilines is 1. The quantitative estimate of drug-likeness (QED) is 0.754. The third-order valence-electron chi connectivity index (χ3n) is 3.51. The van der Waals surface area contributed by atoms with E-state index in [-0.39, 0.29) is 17.1 Å². The number of aromatic amines is 1. The largest absolute Gasteiger partial charge is 0.351 e. The molecule has 0 spiro atoms. The molecular formula is C14H13ClFN5.